The van der Waals surface area contributed by atoms with Crippen molar-refractivity contribution in [2.24, 2.45) is 4.99 Å². The number of carboxylic acid groups (broad SMARTS) is 1. The van der Waals surface area contributed by atoms with Gasteiger partial charge in [0.1, 0.15) is 5.56 Å². The Morgan fingerprint density at radius 3 is 2.70 bits per heavy atom. The van der Waals surface area contributed by atoms with Gasteiger partial charge >= 0.3 is 5.97 Å². The zero-order valence-corrected chi connectivity index (χ0v) is 17.8. The quantitative estimate of drug-likeness (QED) is 0.351. The van der Waals surface area contributed by atoms with Crippen LogP contribution in [0.3, 0.4) is 0 Å². The van der Waals surface area contributed by atoms with Gasteiger partial charge in [-0.2, -0.15) is 0 Å². The van der Waals surface area contributed by atoms with Crippen molar-refractivity contribution in [3.8, 4) is 0 Å². The monoisotopic (exact) mass is 446 g/mol. The molecule has 0 amide bonds. The van der Waals surface area contributed by atoms with Crippen LogP contribution in [0.4, 0.5) is 11.4 Å². The zero-order valence-electron chi connectivity index (χ0n) is 17.8. The third-order valence-corrected chi connectivity index (χ3v) is 6.27. The van der Waals surface area contributed by atoms with Crippen molar-refractivity contribution in [1.29, 1.82) is 0 Å². The van der Waals surface area contributed by atoms with E-state index in [4.69, 9.17) is 0 Å². The Morgan fingerprint density at radius 1 is 1.18 bits per heavy atom. The number of hydrogen-bond acceptors (Lipinski definition) is 6. The summed E-state index contributed by atoms with van der Waals surface area (Å²) in [5, 5.41) is 21.0. The second-order valence-electron chi connectivity index (χ2n) is 8.50. The molecule has 33 heavy (non-hydrogen) atoms. The van der Waals surface area contributed by atoms with E-state index >= 15 is 0 Å². The van der Waals surface area contributed by atoms with Gasteiger partial charge < -0.3 is 14.6 Å². The number of nitro benzene ring substituents is 1. The summed E-state index contributed by atoms with van der Waals surface area (Å²) in [6.45, 7) is 1.43. The maximum absolute atomic E-state index is 12.7. The second kappa shape index (κ2) is 8.16. The van der Waals surface area contributed by atoms with Crippen molar-refractivity contribution in [2.75, 3.05) is 18.0 Å². The van der Waals surface area contributed by atoms with E-state index < -0.39 is 16.3 Å². The van der Waals surface area contributed by atoms with Gasteiger partial charge in [-0.05, 0) is 43.5 Å². The van der Waals surface area contributed by atoms with Crippen LogP contribution in [0.5, 0.6) is 0 Å². The lowest BCUT2D eigenvalue weighted by atomic mass is 10.1. The predicted molar refractivity (Wildman–Crippen MR) is 125 cm³/mol. The van der Waals surface area contributed by atoms with E-state index in [2.05, 4.69) is 9.89 Å². The molecule has 1 aliphatic carbocycles. The van der Waals surface area contributed by atoms with Crippen molar-refractivity contribution in [1.82, 2.24) is 4.57 Å². The number of hydrogen-bond donors (Lipinski definition) is 1. The lowest BCUT2D eigenvalue weighted by Gasteiger charge is -2.20. The highest BCUT2D eigenvalue weighted by Crippen LogP contribution is 2.38. The molecule has 3 aromatic rings. The topological polar surface area (TPSA) is 118 Å². The first-order chi connectivity index (χ1) is 15.9. The van der Waals surface area contributed by atoms with E-state index in [9.17, 15) is 24.8 Å². The predicted octanol–water partition coefficient (Wildman–Crippen LogP) is 3.64. The molecule has 2 aromatic carbocycles. The first-order valence-corrected chi connectivity index (χ1v) is 10.9. The molecule has 1 aliphatic heterocycles. The number of carbonyl (C=O) groups is 1. The van der Waals surface area contributed by atoms with Crippen molar-refractivity contribution in [3.05, 3.63) is 80.1 Å². The maximum atomic E-state index is 12.7. The Kier molecular flexibility index (Phi) is 5.16. The molecule has 0 bridgehead atoms. The van der Waals surface area contributed by atoms with Gasteiger partial charge in [-0.25, -0.2) is 4.79 Å². The summed E-state index contributed by atoms with van der Waals surface area (Å²) in [7, 11) is 0. The lowest BCUT2D eigenvalue weighted by Crippen LogP contribution is -2.22. The van der Waals surface area contributed by atoms with Gasteiger partial charge in [0.25, 0.3) is 5.69 Å². The fraction of sp³-hybridized carbons (Fsp3) is 0.292. The molecular weight excluding hydrogens is 424 g/mol. The molecule has 1 atom stereocenters. The van der Waals surface area contributed by atoms with Crippen LogP contribution in [0, 0.1) is 10.1 Å². The number of aromatic nitrogens is 1. The van der Waals surface area contributed by atoms with Gasteiger partial charge in [-0.3, -0.25) is 19.9 Å². The summed E-state index contributed by atoms with van der Waals surface area (Å²) in [4.78, 5) is 41.7. The molecule has 5 rings (SSSR count). The molecule has 1 N–H and O–H groups in total. The van der Waals surface area contributed by atoms with E-state index in [0.29, 0.717) is 17.5 Å². The molecule has 2 aliphatic rings. The Hall–Kier alpha value is -4.01. The SMILES string of the molecule is O=C(O)c1cn(C2CC2)c2cc(N3CCC(N=Cc4ccccc4[N+](=O)[O-])C3)ccc2c1=O. The van der Waals surface area contributed by atoms with Crippen LogP contribution in [0.1, 0.15) is 41.2 Å². The van der Waals surface area contributed by atoms with E-state index in [1.54, 1.807) is 30.5 Å². The standard InChI is InChI=1S/C24H22N4O5/c29-23-19-8-7-18(11-22(19)27(17-5-6-17)14-20(23)24(30)31)26-10-9-16(13-26)25-12-15-3-1-2-4-21(15)28(32)33/h1-4,7-8,11-12,14,16-17H,5-6,9-10,13H2,(H,30,31). The summed E-state index contributed by atoms with van der Waals surface area (Å²) in [5.74, 6) is -1.21. The normalized spacial score (nSPS) is 18.3. The van der Waals surface area contributed by atoms with Gasteiger partial charge in [-0.15, -0.1) is 0 Å². The molecule has 2 heterocycles. The summed E-state index contributed by atoms with van der Waals surface area (Å²) in [5.41, 5.74) is 1.54. The average molecular weight is 446 g/mol. The third kappa shape index (κ3) is 3.97. The van der Waals surface area contributed by atoms with E-state index in [1.807, 2.05) is 16.7 Å². The molecule has 9 nitrogen and oxygen atoms in total. The molecule has 1 aromatic heterocycles. The fourth-order valence-electron chi connectivity index (χ4n) is 4.39. The lowest BCUT2D eigenvalue weighted by molar-refractivity contribution is -0.385. The van der Waals surface area contributed by atoms with Gasteiger partial charge in [0.15, 0.2) is 0 Å². The largest absolute Gasteiger partial charge is 0.477 e. The fourth-order valence-corrected chi connectivity index (χ4v) is 4.39. The third-order valence-electron chi connectivity index (χ3n) is 6.27. The van der Waals surface area contributed by atoms with Crippen molar-refractivity contribution >= 4 is 34.5 Å². The smallest absolute Gasteiger partial charge is 0.341 e. The number of aromatic carboxylic acids is 1. The number of rotatable bonds is 6. The highest BCUT2D eigenvalue weighted by Gasteiger charge is 2.28. The highest BCUT2D eigenvalue weighted by molar-refractivity contribution is 5.93. The van der Waals surface area contributed by atoms with Crippen molar-refractivity contribution in [2.45, 2.75) is 31.3 Å². The van der Waals surface area contributed by atoms with Crippen LogP contribution < -0.4 is 10.3 Å². The molecule has 0 radical (unpaired) electrons. The van der Waals surface area contributed by atoms with E-state index in [-0.39, 0.29) is 23.3 Å². The molecule has 0 spiro atoms. The number of carboxylic acids is 1. The summed E-state index contributed by atoms with van der Waals surface area (Å²) >= 11 is 0. The Morgan fingerprint density at radius 2 is 1.97 bits per heavy atom. The van der Waals surface area contributed by atoms with Gasteiger partial charge in [0.2, 0.25) is 5.43 Å². The Balaban J connectivity index is 1.41. The van der Waals surface area contributed by atoms with Crippen molar-refractivity contribution < 1.29 is 14.8 Å². The average Bonchev–Trinajstić information content (AvgIpc) is 3.54. The summed E-state index contributed by atoms with van der Waals surface area (Å²) in [6, 6.07) is 12.3. The molecular formula is C24H22N4O5. The van der Waals surface area contributed by atoms with Crippen LogP contribution >= 0.6 is 0 Å². The van der Waals surface area contributed by atoms with Crippen LogP contribution in [0.15, 0.2) is 58.4 Å². The highest BCUT2D eigenvalue weighted by atomic mass is 16.6. The van der Waals surface area contributed by atoms with Gasteiger partial charge in [0, 0.05) is 48.7 Å². The van der Waals surface area contributed by atoms with Gasteiger partial charge in [0.05, 0.1) is 22.0 Å². The van der Waals surface area contributed by atoms with Gasteiger partial charge in [-0.1, -0.05) is 12.1 Å². The maximum Gasteiger partial charge on any atom is 0.341 e. The minimum absolute atomic E-state index is 0.000480. The van der Waals surface area contributed by atoms with Crippen LogP contribution in [0.2, 0.25) is 0 Å². The van der Waals surface area contributed by atoms with Crippen molar-refractivity contribution in [3.63, 3.8) is 0 Å². The molecule has 1 saturated heterocycles. The molecule has 9 heteroatoms. The molecule has 1 saturated carbocycles. The minimum atomic E-state index is -1.21. The number of para-hydroxylation sites is 1. The summed E-state index contributed by atoms with van der Waals surface area (Å²) in [6.07, 6.45) is 5.78. The number of nitro groups is 1. The number of nitrogens with zero attached hydrogens (tertiary/aromatic N) is 4. The number of aliphatic imine (C=N–C) groups is 1. The number of pyridine rings is 1. The Labute approximate surface area is 188 Å². The van der Waals surface area contributed by atoms with E-state index in [1.165, 1.54) is 12.3 Å². The zero-order chi connectivity index (χ0) is 23.1. The number of fused-ring (bicyclic) bond motifs is 1. The molecule has 168 valence electrons. The van der Waals surface area contributed by atoms with Crippen LogP contribution in [0.25, 0.3) is 10.9 Å². The molecule has 1 unspecified atom stereocenters. The Bertz CT molecular complexity index is 1360. The number of benzene rings is 2. The van der Waals surface area contributed by atoms with E-state index in [0.717, 1.165) is 37.0 Å². The van der Waals surface area contributed by atoms with Crippen LogP contribution in [-0.4, -0.2) is 45.9 Å². The minimum Gasteiger partial charge on any atom is -0.477 e. The summed E-state index contributed by atoms with van der Waals surface area (Å²) < 4.78 is 1.92. The second-order valence-corrected chi connectivity index (χ2v) is 8.50. The molecule has 2 fully saturated rings. The first kappa shape index (κ1) is 20.9. The first-order valence-electron chi connectivity index (χ1n) is 10.9. The number of anilines is 1. The van der Waals surface area contributed by atoms with Crippen LogP contribution in [-0.2, 0) is 0 Å².